The van der Waals surface area contributed by atoms with Crippen LogP contribution in [-0.4, -0.2) is 13.7 Å². The van der Waals surface area contributed by atoms with Crippen LogP contribution >= 0.6 is 35.3 Å². The highest BCUT2D eigenvalue weighted by molar-refractivity contribution is 7.09. The summed E-state index contributed by atoms with van der Waals surface area (Å²) in [4.78, 5) is 1.14. The number of nitrogens with one attached hydrogen (secondary N) is 1. The molecule has 3 nitrogen and oxygen atoms in total. The maximum Gasteiger partial charge on any atom is 0.180 e. The molecule has 0 aliphatic rings. The summed E-state index contributed by atoms with van der Waals surface area (Å²) in [6, 6.07) is 7.85. The van der Waals surface area contributed by atoms with Gasteiger partial charge in [0.1, 0.15) is 6.61 Å². The van der Waals surface area contributed by atoms with Crippen molar-refractivity contribution in [2.45, 2.75) is 13.2 Å². The molecule has 0 unspecified atom stereocenters. The van der Waals surface area contributed by atoms with Gasteiger partial charge in [0, 0.05) is 18.0 Å². The Morgan fingerprint density at radius 1 is 1.41 bits per heavy atom. The second-order valence-electron chi connectivity index (χ2n) is 4.40. The van der Waals surface area contributed by atoms with E-state index in [-0.39, 0.29) is 12.4 Å². The van der Waals surface area contributed by atoms with E-state index in [1.165, 1.54) is 0 Å². The van der Waals surface area contributed by atoms with Crippen molar-refractivity contribution in [3.8, 4) is 11.5 Å². The van der Waals surface area contributed by atoms with E-state index in [4.69, 9.17) is 21.1 Å². The molecule has 0 radical (unpaired) electrons. The van der Waals surface area contributed by atoms with Crippen LogP contribution in [-0.2, 0) is 13.2 Å². The van der Waals surface area contributed by atoms with Crippen molar-refractivity contribution in [3.05, 3.63) is 57.8 Å². The standard InChI is InChI=1S/C16H18ClNO2S.ClH/c1-3-6-18-10-12-8-14(17)16(15(9-12)19-2)20-11-13-5-4-7-21-13;/h3-5,7-9,18H,1,6,10-11H2,2H3;1H. The molecule has 0 aliphatic heterocycles. The van der Waals surface area contributed by atoms with Crippen molar-refractivity contribution in [1.29, 1.82) is 0 Å². The minimum atomic E-state index is 0. The number of thiophene rings is 1. The van der Waals surface area contributed by atoms with E-state index in [9.17, 15) is 0 Å². The maximum atomic E-state index is 6.32. The average molecular weight is 360 g/mol. The van der Waals surface area contributed by atoms with Crippen LogP contribution in [0, 0.1) is 0 Å². The van der Waals surface area contributed by atoms with Crippen molar-refractivity contribution < 1.29 is 9.47 Å². The summed E-state index contributed by atoms with van der Waals surface area (Å²) in [5.74, 6) is 1.23. The molecule has 0 bridgehead atoms. The predicted molar refractivity (Wildman–Crippen MR) is 95.8 cm³/mol. The molecule has 0 saturated carbocycles. The fourth-order valence-electron chi connectivity index (χ4n) is 1.87. The van der Waals surface area contributed by atoms with Gasteiger partial charge in [-0.05, 0) is 29.1 Å². The molecule has 0 atom stereocenters. The summed E-state index contributed by atoms with van der Waals surface area (Å²) in [6.07, 6.45) is 1.82. The van der Waals surface area contributed by atoms with Crippen LogP contribution in [0.2, 0.25) is 5.02 Å². The molecule has 0 fully saturated rings. The predicted octanol–water partition coefficient (Wildman–Crippen LogP) is 4.69. The summed E-state index contributed by atoms with van der Waals surface area (Å²) < 4.78 is 11.2. The third-order valence-corrected chi connectivity index (χ3v) is 3.98. The van der Waals surface area contributed by atoms with Crippen LogP contribution in [0.15, 0.2) is 42.3 Å². The molecule has 0 aliphatic carbocycles. The number of benzene rings is 1. The first-order valence-electron chi connectivity index (χ1n) is 6.57. The summed E-state index contributed by atoms with van der Waals surface area (Å²) in [7, 11) is 1.62. The zero-order valence-corrected chi connectivity index (χ0v) is 14.7. The highest BCUT2D eigenvalue weighted by Crippen LogP contribution is 2.37. The lowest BCUT2D eigenvalue weighted by atomic mass is 10.2. The topological polar surface area (TPSA) is 30.5 Å². The summed E-state index contributed by atoms with van der Waals surface area (Å²) in [5, 5.41) is 5.81. The number of methoxy groups -OCH3 is 1. The van der Waals surface area contributed by atoms with Gasteiger partial charge in [-0.2, -0.15) is 0 Å². The number of rotatable bonds is 8. The first-order chi connectivity index (χ1) is 10.2. The van der Waals surface area contributed by atoms with Crippen LogP contribution in [0.25, 0.3) is 0 Å². The van der Waals surface area contributed by atoms with Gasteiger partial charge in [-0.3, -0.25) is 0 Å². The van der Waals surface area contributed by atoms with Crippen molar-refractivity contribution >= 4 is 35.3 Å². The minimum Gasteiger partial charge on any atom is -0.493 e. The molecule has 0 amide bonds. The highest BCUT2D eigenvalue weighted by atomic mass is 35.5. The molecule has 6 heteroatoms. The van der Waals surface area contributed by atoms with Crippen molar-refractivity contribution in [3.63, 3.8) is 0 Å². The Balaban J connectivity index is 0.00000242. The normalized spacial score (nSPS) is 9.91. The number of halogens is 2. The molecule has 1 aromatic carbocycles. The van der Waals surface area contributed by atoms with Crippen molar-refractivity contribution in [2.24, 2.45) is 0 Å². The maximum absolute atomic E-state index is 6.32. The summed E-state index contributed by atoms with van der Waals surface area (Å²) in [6.45, 7) is 5.61. The van der Waals surface area contributed by atoms with Crippen LogP contribution in [0.1, 0.15) is 10.4 Å². The van der Waals surface area contributed by atoms with Crippen LogP contribution in [0.5, 0.6) is 11.5 Å². The van der Waals surface area contributed by atoms with Gasteiger partial charge in [-0.25, -0.2) is 0 Å². The molecule has 120 valence electrons. The number of hydrogen-bond donors (Lipinski definition) is 1. The molecule has 0 spiro atoms. The summed E-state index contributed by atoms with van der Waals surface area (Å²) in [5.41, 5.74) is 1.04. The zero-order chi connectivity index (χ0) is 15.1. The smallest absolute Gasteiger partial charge is 0.180 e. The SMILES string of the molecule is C=CCNCc1cc(Cl)c(OCc2cccs2)c(OC)c1.Cl. The van der Waals surface area contributed by atoms with Crippen molar-refractivity contribution in [1.82, 2.24) is 5.32 Å². The second-order valence-corrected chi connectivity index (χ2v) is 5.84. The Labute approximate surface area is 146 Å². The largest absolute Gasteiger partial charge is 0.493 e. The third kappa shape index (κ3) is 5.21. The molecule has 1 aromatic heterocycles. The van der Waals surface area contributed by atoms with E-state index in [2.05, 4.69) is 11.9 Å². The Morgan fingerprint density at radius 3 is 2.86 bits per heavy atom. The zero-order valence-electron chi connectivity index (χ0n) is 12.3. The molecule has 22 heavy (non-hydrogen) atoms. The lowest BCUT2D eigenvalue weighted by molar-refractivity contribution is 0.287. The van der Waals surface area contributed by atoms with Crippen LogP contribution < -0.4 is 14.8 Å². The molecule has 2 aromatic rings. The van der Waals surface area contributed by atoms with Gasteiger partial charge >= 0.3 is 0 Å². The van der Waals surface area contributed by atoms with Gasteiger partial charge in [0.15, 0.2) is 11.5 Å². The highest BCUT2D eigenvalue weighted by Gasteiger charge is 2.12. The van der Waals surface area contributed by atoms with Gasteiger partial charge in [0.2, 0.25) is 0 Å². The van der Waals surface area contributed by atoms with E-state index >= 15 is 0 Å². The van der Waals surface area contributed by atoms with Gasteiger partial charge in [-0.1, -0.05) is 23.7 Å². The first-order valence-corrected chi connectivity index (χ1v) is 7.83. The minimum absolute atomic E-state index is 0. The second kappa shape index (κ2) is 9.74. The van der Waals surface area contributed by atoms with Gasteiger partial charge in [-0.15, -0.1) is 30.3 Å². The van der Waals surface area contributed by atoms with Crippen LogP contribution in [0.3, 0.4) is 0 Å². The van der Waals surface area contributed by atoms with Gasteiger partial charge < -0.3 is 14.8 Å². The van der Waals surface area contributed by atoms with Gasteiger partial charge in [0.25, 0.3) is 0 Å². The Kier molecular flexibility index (Phi) is 8.35. The monoisotopic (exact) mass is 359 g/mol. The Hall–Kier alpha value is -1.20. The van der Waals surface area contributed by atoms with E-state index in [0.717, 1.165) is 17.0 Å². The average Bonchev–Trinajstić information content (AvgIpc) is 2.99. The quantitative estimate of drug-likeness (QED) is 0.547. The molecule has 1 heterocycles. The molecule has 0 saturated heterocycles. The molecular weight excluding hydrogens is 341 g/mol. The van der Waals surface area contributed by atoms with E-state index in [1.807, 2.05) is 35.7 Å². The van der Waals surface area contributed by atoms with E-state index < -0.39 is 0 Å². The van der Waals surface area contributed by atoms with Gasteiger partial charge in [0.05, 0.1) is 12.1 Å². The molecule has 2 rings (SSSR count). The summed E-state index contributed by atoms with van der Waals surface area (Å²) >= 11 is 7.97. The first kappa shape index (κ1) is 18.8. The Morgan fingerprint density at radius 2 is 2.23 bits per heavy atom. The number of ether oxygens (including phenoxy) is 2. The van der Waals surface area contributed by atoms with E-state index in [1.54, 1.807) is 18.4 Å². The lowest BCUT2D eigenvalue weighted by Gasteiger charge is -2.14. The fraction of sp³-hybridized carbons (Fsp3) is 0.250. The molecular formula is C16H19Cl2NO2S. The number of hydrogen-bond acceptors (Lipinski definition) is 4. The third-order valence-electron chi connectivity index (χ3n) is 2.85. The van der Waals surface area contributed by atoms with E-state index in [0.29, 0.717) is 29.7 Å². The van der Waals surface area contributed by atoms with Crippen molar-refractivity contribution in [2.75, 3.05) is 13.7 Å². The Bertz CT molecular complexity index is 588. The molecule has 1 N–H and O–H groups in total. The fourth-order valence-corrected chi connectivity index (χ4v) is 2.78. The lowest BCUT2D eigenvalue weighted by Crippen LogP contribution is -2.12. The van der Waals surface area contributed by atoms with Crippen LogP contribution in [0.4, 0.5) is 0 Å².